The molecule has 2 aromatic rings. The zero-order valence-corrected chi connectivity index (χ0v) is 11.1. The summed E-state index contributed by atoms with van der Waals surface area (Å²) in [6, 6.07) is 6.43. The highest BCUT2D eigenvalue weighted by Crippen LogP contribution is 2.30. The van der Waals surface area contributed by atoms with Crippen LogP contribution in [0.3, 0.4) is 0 Å². The smallest absolute Gasteiger partial charge is 0.0460 e. The summed E-state index contributed by atoms with van der Waals surface area (Å²) in [7, 11) is 0. The molecule has 84 valence electrons. The van der Waals surface area contributed by atoms with Gasteiger partial charge in [0.1, 0.15) is 0 Å². The van der Waals surface area contributed by atoms with Crippen molar-refractivity contribution in [2.75, 3.05) is 0 Å². The van der Waals surface area contributed by atoms with Gasteiger partial charge in [0, 0.05) is 39.6 Å². The van der Waals surface area contributed by atoms with Crippen LogP contribution in [0.2, 0.25) is 0 Å². The summed E-state index contributed by atoms with van der Waals surface area (Å²) in [4.78, 5) is 3.54. The van der Waals surface area contributed by atoms with E-state index < -0.39 is 0 Å². The number of nitrogens with one attached hydrogen (secondary N) is 2. The number of H-pyrrole nitrogens is 1. The molecule has 1 aliphatic rings. The van der Waals surface area contributed by atoms with Gasteiger partial charge < -0.3 is 10.3 Å². The van der Waals surface area contributed by atoms with E-state index in [0.717, 1.165) is 17.4 Å². The van der Waals surface area contributed by atoms with E-state index in [1.165, 1.54) is 22.2 Å². The van der Waals surface area contributed by atoms with E-state index >= 15 is 0 Å². The Morgan fingerprint density at radius 1 is 1.31 bits per heavy atom. The van der Waals surface area contributed by atoms with Crippen LogP contribution in [0.4, 0.5) is 0 Å². The minimum Gasteiger partial charge on any atom is -0.358 e. The number of benzene rings is 1. The first-order valence-corrected chi connectivity index (χ1v) is 6.38. The maximum absolute atomic E-state index is 3.58. The number of hydrogen-bond donors (Lipinski definition) is 2. The highest BCUT2D eigenvalue weighted by Gasteiger charge is 2.26. The van der Waals surface area contributed by atoms with E-state index in [1.807, 2.05) is 0 Å². The molecule has 0 aliphatic carbocycles. The van der Waals surface area contributed by atoms with E-state index in [9.17, 15) is 0 Å². The van der Waals surface area contributed by atoms with Crippen LogP contribution >= 0.6 is 15.9 Å². The maximum Gasteiger partial charge on any atom is 0.0460 e. The zero-order chi connectivity index (χ0) is 11.3. The van der Waals surface area contributed by atoms with Gasteiger partial charge in [-0.1, -0.05) is 15.9 Å². The van der Waals surface area contributed by atoms with Gasteiger partial charge in [-0.05, 0) is 37.6 Å². The van der Waals surface area contributed by atoms with E-state index in [2.05, 4.69) is 58.3 Å². The highest BCUT2D eigenvalue weighted by atomic mass is 79.9. The summed E-state index contributed by atoms with van der Waals surface area (Å²) in [5.41, 5.74) is 4.26. The standard InChI is InChI=1S/C13H15BrN2/c1-13(2)6-12-10(7-15-13)9-5-8(14)3-4-11(9)16-12/h3-5,15-16H,6-7H2,1-2H3. The lowest BCUT2D eigenvalue weighted by atomic mass is 9.91. The van der Waals surface area contributed by atoms with Gasteiger partial charge >= 0.3 is 0 Å². The molecular formula is C13H15BrN2. The van der Waals surface area contributed by atoms with Crippen molar-refractivity contribution in [3.05, 3.63) is 33.9 Å². The Bertz CT molecular complexity index is 554. The van der Waals surface area contributed by atoms with Gasteiger partial charge in [-0.3, -0.25) is 0 Å². The molecule has 0 saturated heterocycles. The van der Waals surface area contributed by atoms with Crippen molar-refractivity contribution in [1.82, 2.24) is 10.3 Å². The van der Waals surface area contributed by atoms with Crippen LogP contribution in [-0.4, -0.2) is 10.5 Å². The Balaban J connectivity index is 2.21. The third-order valence-corrected chi connectivity index (χ3v) is 3.81. The molecule has 1 aromatic carbocycles. The van der Waals surface area contributed by atoms with E-state index in [4.69, 9.17) is 0 Å². The van der Waals surface area contributed by atoms with Crippen LogP contribution in [0.15, 0.2) is 22.7 Å². The molecular weight excluding hydrogens is 264 g/mol. The molecule has 2 nitrogen and oxygen atoms in total. The van der Waals surface area contributed by atoms with Gasteiger partial charge in [0.15, 0.2) is 0 Å². The average molecular weight is 279 g/mol. The SMILES string of the molecule is CC1(C)Cc2[nH]c3ccc(Br)cc3c2CN1. The van der Waals surface area contributed by atoms with Crippen LogP contribution < -0.4 is 5.32 Å². The quantitative estimate of drug-likeness (QED) is 0.760. The molecule has 16 heavy (non-hydrogen) atoms. The van der Waals surface area contributed by atoms with Crippen molar-refractivity contribution in [1.29, 1.82) is 0 Å². The fourth-order valence-corrected chi connectivity index (χ4v) is 2.82. The molecule has 0 atom stereocenters. The Hall–Kier alpha value is -0.800. The van der Waals surface area contributed by atoms with E-state index in [-0.39, 0.29) is 5.54 Å². The Morgan fingerprint density at radius 2 is 2.12 bits per heavy atom. The molecule has 2 heterocycles. The lowest BCUT2D eigenvalue weighted by molar-refractivity contribution is 0.360. The van der Waals surface area contributed by atoms with Crippen molar-refractivity contribution in [3.63, 3.8) is 0 Å². The van der Waals surface area contributed by atoms with Crippen molar-refractivity contribution >= 4 is 26.8 Å². The van der Waals surface area contributed by atoms with Crippen molar-refractivity contribution < 1.29 is 0 Å². The van der Waals surface area contributed by atoms with E-state index in [1.54, 1.807) is 0 Å². The second kappa shape index (κ2) is 3.34. The third-order valence-electron chi connectivity index (χ3n) is 3.32. The summed E-state index contributed by atoms with van der Waals surface area (Å²) in [6.45, 7) is 5.45. The lowest BCUT2D eigenvalue weighted by Gasteiger charge is -2.31. The van der Waals surface area contributed by atoms with Crippen molar-refractivity contribution in [2.45, 2.75) is 32.4 Å². The molecule has 1 aliphatic heterocycles. The zero-order valence-electron chi connectivity index (χ0n) is 9.52. The summed E-state index contributed by atoms with van der Waals surface area (Å²) in [5, 5.41) is 4.92. The monoisotopic (exact) mass is 278 g/mol. The number of fused-ring (bicyclic) bond motifs is 3. The molecule has 0 bridgehead atoms. The number of halogens is 1. The summed E-state index contributed by atoms with van der Waals surface area (Å²) < 4.78 is 1.15. The fourth-order valence-electron chi connectivity index (χ4n) is 2.46. The first-order valence-electron chi connectivity index (χ1n) is 5.59. The Labute approximate surface area is 104 Å². The van der Waals surface area contributed by atoms with E-state index in [0.29, 0.717) is 0 Å². The molecule has 0 amide bonds. The van der Waals surface area contributed by atoms with Crippen LogP contribution in [0, 0.1) is 0 Å². The molecule has 0 fully saturated rings. The Kier molecular flexibility index (Phi) is 2.17. The van der Waals surface area contributed by atoms with Crippen LogP contribution in [-0.2, 0) is 13.0 Å². The normalized spacial score (nSPS) is 18.7. The fraction of sp³-hybridized carbons (Fsp3) is 0.385. The number of hydrogen-bond acceptors (Lipinski definition) is 1. The largest absolute Gasteiger partial charge is 0.358 e. The molecule has 1 aromatic heterocycles. The van der Waals surface area contributed by atoms with Crippen molar-refractivity contribution in [2.24, 2.45) is 0 Å². The van der Waals surface area contributed by atoms with Crippen molar-refractivity contribution in [3.8, 4) is 0 Å². The summed E-state index contributed by atoms with van der Waals surface area (Å²) in [6.07, 6.45) is 1.06. The first-order chi connectivity index (χ1) is 7.55. The van der Waals surface area contributed by atoms with Crippen LogP contribution in [0.1, 0.15) is 25.1 Å². The first kappa shape index (κ1) is 10.4. The Morgan fingerprint density at radius 3 is 2.94 bits per heavy atom. The lowest BCUT2D eigenvalue weighted by Crippen LogP contribution is -2.44. The topological polar surface area (TPSA) is 27.8 Å². The van der Waals surface area contributed by atoms with Gasteiger partial charge in [0.05, 0.1) is 0 Å². The number of rotatable bonds is 0. The number of aromatic nitrogens is 1. The molecule has 3 heteroatoms. The highest BCUT2D eigenvalue weighted by molar-refractivity contribution is 9.10. The maximum atomic E-state index is 3.58. The summed E-state index contributed by atoms with van der Waals surface area (Å²) in [5.74, 6) is 0. The minimum atomic E-state index is 0.200. The average Bonchev–Trinajstić information content (AvgIpc) is 2.52. The van der Waals surface area contributed by atoms with Gasteiger partial charge in [-0.2, -0.15) is 0 Å². The van der Waals surface area contributed by atoms with Gasteiger partial charge in [-0.15, -0.1) is 0 Å². The van der Waals surface area contributed by atoms with Crippen LogP contribution in [0.5, 0.6) is 0 Å². The van der Waals surface area contributed by atoms with Gasteiger partial charge in [0.2, 0.25) is 0 Å². The minimum absolute atomic E-state index is 0.200. The second-order valence-corrected chi connectivity index (χ2v) is 6.10. The molecule has 0 unspecified atom stereocenters. The second-order valence-electron chi connectivity index (χ2n) is 5.19. The molecule has 2 N–H and O–H groups in total. The molecule has 0 spiro atoms. The third kappa shape index (κ3) is 1.59. The predicted molar refractivity (Wildman–Crippen MR) is 70.6 cm³/mol. The van der Waals surface area contributed by atoms with Crippen LogP contribution in [0.25, 0.3) is 10.9 Å². The predicted octanol–water partition coefficient (Wildman–Crippen LogP) is 3.35. The summed E-state index contributed by atoms with van der Waals surface area (Å²) >= 11 is 3.53. The molecule has 3 rings (SSSR count). The van der Waals surface area contributed by atoms with Gasteiger partial charge in [0.25, 0.3) is 0 Å². The number of aromatic amines is 1. The molecule has 0 radical (unpaired) electrons. The molecule has 0 saturated carbocycles. The van der Waals surface area contributed by atoms with Gasteiger partial charge in [-0.25, -0.2) is 0 Å².